The molecule has 2 aromatic heterocycles. The van der Waals surface area contributed by atoms with Crippen molar-refractivity contribution in [2.24, 2.45) is 0 Å². The molecule has 0 radical (unpaired) electrons. The predicted molar refractivity (Wildman–Crippen MR) is 95.1 cm³/mol. The van der Waals surface area contributed by atoms with E-state index in [9.17, 15) is 4.79 Å². The Kier molecular flexibility index (Phi) is 5.30. The predicted octanol–water partition coefficient (Wildman–Crippen LogP) is 2.56. The zero-order chi connectivity index (χ0) is 17.6. The van der Waals surface area contributed by atoms with Gasteiger partial charge in [-0.1, -0.05) is 18.2 Å². The second kappa shape index (κ2) is 7.81. The fourth-order valence-electron chi connectivity index (χ4n) is 2.60. The number of hydrogen-bond acceptors (Lipinski definition) is 4. The van der Waals surface area contributed by atoms with Crippen LogP contribution in [0.4, 0.5) is 0 Å². The fraction of sp³-hybridized carbons (Fsp3) is 0.263. The van der Waals surface area contributed by atoms with Crippen LogP contribution < -0.4 is 0 Å². The van der Waals surface area contributed by atoms with Gasteiger partial charge >= 0.3 is 0 Å². The second-order valence-corrected chi connectivity index (χ2v) is 6.13. The Labute approximate surface area is 147 Å². The van der Waals surface area contributed by atoms with Gasteiger partial charge in [0.1, 0.15) is 5.76 Å². The second-order valence-electron chi connectivity index (χ2n) is 6.13. The average molecular weight is 338 g/mol. The number of amides is 1. The van der Waals surface area contributed by atoms with Gasteiger partial charge in [0.05, 0.1) is 31.2 Å². The highest BCUT2D eigenvalue weighted by Crippen LogP contribution is 2.10. The summed E-state index contributed by atoms with van der Waals surface area (Å²) in [5.41, 5.74) is 1.99. The van der Waals surface area contributed by atoms with Crippen molar-refractivity contribution in [1.29, 1.82) is 0 Å². The van der Waals surface area contributed by atoms with E-state index in [0.29, 0.717) is 19.6 Å². The molecule has 6 nitrogen and oxygen atoms in total. The lowest BCUT2D eigenvalue weighted by Crippen LogP contribution is -2.35. The van der Waals surface area contributed by atoms with Crippen LogP contribution in [0.1, 0.15) is 11.3 Å². The molecule has 0 bridgehead atoms. The summed E-state index contributed by atoms with van der Waals surface area (Å²) in [5.74, 6) is 0.906. The monoisotopic (exact) mass is 338 g/mol. The van der Waals surface area contributed by atoms with Crippen LogP contribution in [0.25, 0.3) is 5.69 Å². The maximum Gasteiger partial charge on any atom is 0.236 e. The number of benzene rings is 1. The molecule has 0 atom stereocenters. The van der Waals surface area contributed by atoms with E-state index in [0.717, 1.165) is 17.0 Å². The summed E-state index contributed by atoms with van der Waals surface area (Å²) in [6.07, 6.45) is 5.39. The summed E-state index contributed by atoms with van der Waals surface area (Å²) in [6.45, 7) is 1.48. The molecule has 0 aliphatic carbocycles. The first-order chi connectivity index (χ1) is 12.1. The van der Waals surface area contributed by atoms with Crippen LogP contribution in [0.3, 0.4) is 0 Å². The van der Waals surface area contributed by atoms with Crippen LogP contribution in [0, 0.1) is 0 Å². The molecule has 3 rings (SSSR count). The molecule has 3 aromatic rings. The topological polar surface area (TPSA) is 54.5 Å². The minimum absolute atomic E-state index is 0.0570. The molecule has 25 heavy (non-hydrogen) atoms. The van der Waals surface area contributed by atoms with Crippen LogP contribution in [-0.2, 0) is 17.9 Å². The van der Waals surface area contributed by atoms with Gasteiger partial charge < -0.3 is 9.32 Å². The average Bonchev–Trinajstić information content (AvgIpc) is 3.27. The number of hydrogen-bond donors (Lipinski definition) is 0. The van der Waals surface area contributed by atoms with E-state index in [-0.39, 0.29) is 5.91 Å². The van der Waals surface area contributed by atoms with E-state index in [1.807, 2.05) is 72.3 Å². The number of nitrogens with zero attached hydrogens (tertiary/aromatic N) is 4. The maximum absolute atomic E-state index is 12.4. The van der Waals surface area contributed by atoms with Gasteiger partial charge in [-0.05, 0) is 31.3 Å². The molecule has 2 heterocycles. The van der Waals surface area contributed by atoms with Gasteiger partial charge in [-0.3, -0.25) is 9.69 Å². The third kappa shape index (κ3) is 4.58. The van der Waals surface area contributed by atoms with Gasteiger partial charge in [0, 0.05) is 25.4 Å². The van der Waals surface area contributed by atoms with Crippen LogP contribution in [0.15, 0.2) is 65.5 Å². The Bertz CT molecular complexity index is 796. The van der Waals surface area contributed by atoms with Crippen LogP contribution >= 0.6 is 0 Å². The molecule has 0 aliphatic rings. The molecule has 0 fully saturated rings. The van der Waals surface area contributed by atoms with Crippen molar-refractivity contribution in [2.75, 3.05) is 20.6 Å². The number of likely N-dealkylation sites (N-methyl/N-ethyl adjacent to an activating group) is 2. The minimum atomic E-state index is 0.0570. The lowest BCUT2D eigenvalue weighted by Gasteiger charge is -2.20. The minimum Gasteiger partial charge on any atom is -0.468 e. The smallest absolute Gasteiger partial charge is 0.236 e. The Morgan fingerprint density at radius 3 is 2.64 bits per heavy atom. The molecular weight excluding hydrogens is 316 g/mol. The van der Waals surface area contributed by atoms with Gasteiger partial charge in [0.2, 0.25) is 5.91 Å². The number of carbonyl (C=O) groups excluding carboxylic acids is 1. The SMILES string of the molecule is CN(CC(=O)N(C)Cc1cnn(-c2ccccc2)c1)Cc1ccco1. The number of aromatic nitrogens is 2. The molecule has 0 aliphatic heterocycles. The van der Waals surface area contributed by atoms with Crippen LogP contribution in [0.2, 0.25) is 0 Å². The van der Waals surface area contributed by atoms with Crippen molar-refractivity contribution in [3.05, 3.63) is 72.4 Å². The fourth-order valence-corrected chi connectivity index (χ4v) is 2.60. The first-order valence-corrected chi connectivity index (χ1v) is 8.15. The van der Waals surface area contributed by atoms with Gasteiger partial charge in [-0.15, -0.1) is 0 Å². The zero-order valence-electron chi connectivity index (χ0n) is 14.5. The van der Waals surface area contributed by atoms with Crippen molar-refractivity contribution < 1.29 is 9.21 Å². The highest BCUT2D eigenvalue weighted by atomic mass is 16.3. The Morgan fingerprint density at radius 1 is 1.12 bits per heavy atom. The number of rotatable bonds is 7. The summed E-state index contributed by atoms with van der Waals surface area (Å²) in [5, 5.41) is 4.37. The summed E-state index contributed by atoms with van der Waals surface area (Å²) in [6, 6.07) is 13.7. The molecule has 1 aromatic carbocycles. The molecule has 0 saturated carbocycles. The first kappa shape index (κ1) is 17.0. The van der Waals surface area contributed by atoms with E-state index in [1.165, 1.54) is 0 Å². The number of carbonyl (C=O) groups is 1. The molecule has 0 spiro atoms. The van der Waals surface area contributed by atoms with Gasteiger partial charge in [0.25, 0.3) is 0 Å². The van der Waals surface area contributed by atoms with Crippen molar-refractivity contribution in [1.82, 2.24) is 19.6 Å². The largest absolute Gasteiger partial charge is 0.468 e. The van der Waals surface area contributed by atoms with Gasteiger partial charge in [0.15, 0.2) is 0 Å². The van der Waals surface area contributed by atoms with E-state index in [4.69, 9.17) is 4.42 Å². The summed E-state index contributed by atoms with van der Waals surface area (Å²) in [4.78, 5) is 16.0. The normalized spacial score (nSPS) is 11.0. The highest BCUT2D eigenvalue weighted by Gasteiger charge is 2.14. The third-order valence-corrected chi connectivity index (χ3v) is 3.91. The van der Waals surface area contributed by atoms with Gasteiger partial charge in [-0.25, -0.2) is 4.68 Å². The Morgan fingerprint density at radius 2 is 1.92 bits per heavy atom. The molecule has 0 N–H and O–H groups in total. The lowest BCUT2D eigenvalue weighted by atomic mass is 10.3. The van der Waals surface area contributed by atoms with E-state index in [1.54, 1.807) is 17.4 Å². The summed E-state index contributed by atoms with van der Waals surface area (Å²) < 4.78 is 7.13. The highest BCUT2D eigenvalue weighted by molar-refractivity contribution is 5.77. The van der Waals surface area contributed by atoms with E-state index >= 15 is 0 Å². The van der Waals surface area contributed by atoms with Crippen LogP contribution in [0.5, 0.6) is 0 Å². The molecule has 0 unspecified atom stereocenters. The summed E-state index contributed by atoms with van der Waals surface area (Å²) >= 11 is 0. The van der Waals surface area contributed by atoms with Crippen molar-refractivity contribution in [2.45, 2.75) is 13.1 Å². The summed E-state index contributed by atoms with van der Waals surface area (Å²) in [7, 11) is 3.71. The van der Waals surface area contributed by atoms with Crippen molar-refractivity contribution in [3.63, 3.8) is 0 Å². The molecule has 6 heteroatoms. The Balaban J connectivity index is 1.54. The lowest BCUT2D eigenvalue weighted by molar-refractivity contribution is -0.131. The molecule has 1 amide bonds. The molecule has 130 valence electrons. The molecular formula is C19H22N4O2. The standard InChI is InChI=1S/C19H22N4O2/c1-21(14-18-9-6-10-25-18)15-19(24)22(2)12-16-11-20-23(13-16)17-7-4-3-5-8-17/h3-11,13H,12,14-15H2,1-2H3. The number of para-hydroxylation sites is 1. The first-order valence-electron chi connectivity index (χ1n) is 8.15. The van der Waals surface area contributed by atoms with E-state index in [2.05, 4.69) is 5.10 Å². The van der Waals surface area contributed by atoms with E-state index < -0.39 is 0 Å². The third-order valence-electron chi connectivity index (χ3n) is 3.91. The van der Waals surface area contributed by atoms with Crippen molar-refractivity contribution in [3.8, 4) is 5.69 Å². The quantitative estimate of drug-likeness (QED) is 0.664. The Hall–Kier alpha value is -2.86. The van der Waals surface area contributed by atoms with Crippen LogP contribution in [-0.4, -0.2) is 46.1 Å². The zero-order valence-corrected chi connectivity index (χ0v) is 14.5. The van der Waals surface area contributed by atoms with Gasteiger partial charge in [-0.2, -0.15) is 5.10 Å². The number of furan rings is 1. The molecule has 0 saturated heterocycles. The van der Waals surface area contributed by atoms with Crippen molar-refractivity contribution >= 4 is 5.91 Å². The maximum atomic E-state index is 12.4.